The van der Waals surface area contributed by atoms with E-state index < -0.39 is 5.60 Å². The van der Waals surface area contributed by atoms with Gasteiger partial charge in [0.1, 0.15) is 17.8 Å². The van der Waals surface area contributed by atoms with Crippen LogP contribution in [0, 0.1) is 46.8 Å². The summed E-state index contributed by atoms with van der Waals surface area (Å²) >= 11 is 0. The Morgan fingerprint density at radius 1 is 1.26 bits per heavy atom. The highest BCUT2D eigenvalue weighted by Gasteiger charge is 2.60. The lowest BCUT2D eigenvalue weighted by molar-refractivity contribution is -0.132. The summed E-state index contributed by atoms with van der Waals surface area (Å²) < 4.78 is 7.14. The third-order valence-electron chi connectivity index (χ3n) is 11.3. The van der Waals surface area contributed by atoms with Crippen molar-refractivity contribution in [3.63, 3.8) is 0 Å². The Kier molecular flexibility index (Phi) is 8.16. The molecule has 0 bridgehead atoms. The molecule has 0 spiro atoms. The number of ketones is 1. The van der Waals surface area contributed by atoms with E-state index in [1.165, 1.54) is 32.1 Å². The maximum Gasteiger partial charge on any atom is 0.158 e. The molecule has 1 aromatic heterocycles. The van der Waals surface area contributed by atoms with Crippen LogP contribution in [0.5, 0.6) is 5.75 Å². The first-order chi connectivity index (χ1) is 18.6. The lowest BCUT2D eigenvalue weighted by atomic mass is 9.53. The van der Waals surface area contributed by atoms with E-state index >= 15 is 0 Å². The highest BCUT2D eigenvalue weighted by molar-refractivity contribution is 5.84. The van der Waals surface area contributed by atoms with Gasteiger partial charge in [-0.15, -0.1) is 5.10 Å². The average Bonchev–Trinajstić information content (AvgIpc) is 3.45. The van der Waals surface area contributed by atoms with E-state index in [0.29, 0.717) is 36.0 Å². The van der Waals surface area contributed by atoms with Crippen molar-refractivity contribution in [2.24, 2.45) is 46.8 Å². The van der Waals surface area contributed by atoms with Crippen LogP contribution in [-0.4, -0.2) is 38.6 Å². The monoisotopic (exact) mass is 537 g/mol. The Balaban J connectivity index is 1.32. The average molecular weight is 538 g/mol. The van der Waals surface area contributed by atoms with E-state index in [1.807, 2.05) is 18.2 Å². The van der Waals surface area contributed by atoms with Crippen molar-refractivity contribution in [1.29, 1.82) is 0 Å². The molecule has 1 heterocycles. The molecule has 1 aromatic carbocycles. The third kappa shape index (κ3) is 5.52. The predicted molar refractivity (Wildman–Crippen MR) is 155 cm³/mol. The Morgan fingerprint density at radius 2 is 2.05 bits per heavy atom. The van der Waals surface area contributed by atoms with Gasteiger partial charge in [-0.25, -0.2) is 4.68 Å². The Bertz CT molecular complexity index is 1160. The molecule has 5 rings (SSSR count). The van der Waals surface area contributed by atoms with Gasteiger partial charge < -0.3 is 9.84 Å². The van der Waals surface area contributed by atoms with Crippen molar-refractivity contribution in [2.75, 3.05) is 7.11 Å². The second-order valence-electron chi connectivity index (χ2n) is 14.2. The third-order valence-corrected chi connectivity index (χ3v) is 11.3. The normalized spacial score (nSPS) is 34.1. The molecule has 3 saturated carbocycles. The molecule has 216 valence electrons. The molecular weight excluding hydrogens is 486 g/mol. The van der Waals surface area contributed by atoms with Gasteiger partial charge in [0.25, 0.3) is 0 Å². The molecule has 3 aliphatic carbocycles. The molecular formula is C33H51N3O3. The van der Waals surface area contributed by atoms with Crippen molar-refractivity contribution in [1.82, 2.24) is 15.0 Å². The van der Waals surface area contributed by atoms with E-state index in [9.17, 15) is 9.90 Å². The van der Waals surface area contributed by atoms with E-state index in [1.54, 1.807) is 11.8 Å². The van der Waals surface area contributed by atoms with Crippen molar-refractivity contribution in [2.45, 2.75) is 111 Å². The summed E-state index contributed by atoms with van der Waals surface area (Å²) in [7, 11) is 1.65. The number of hydrogen-bond acceptors (Lipinski definition) is 5. The molecule has 1 N–H and O–H groups in total. The summed E-state index contributed by atoms with van der Waals surface area (Å²) in [5.41, 5.74) is 1.19. The fourth-order valence-corrected chi connectivity index (χ4v) is 9.34. The minimum atomic E-state index is -0.527. The molecule has 0 amide bonds. The van der Waals surface area contributed by atoms with Crippen LogP contribution in [0.2, 0.25) is 0 Å². The van der Waals surface area contributed by atoms with Gasteiger partial charge >= 0.3 is 0 Å². The second-order valence-corrected chi connectivity index (χ2v) is 14.2. The van der Waals surface area contributed by atoms with Crippen LogP contribution in [0.25, 0.3) is 11.0 Å². The Labute approximate surface area is 235 Å². The zero-order valence-electron chi connectivity index (χ0n) is 25.2. The molecule has 39 heavy (non-hydrogen) atoms. The van der Waals surface area contributed by atoms with Crippen LogP contribution in [0.15, 0.2) is 18.2 Å². The Morgan fingerprint density at radius 3 is 2.77 bits per heavy atom. The lowest BCUT2D eigenvalue weighted by Crippen LogP contribution is -2.46. The van der Waals surface area contributed by atoms with Crippen molar-refractivity contribution < 1.29 is 14.6 Å². The van der Waals surface area contributed by atoms with Gasteiger partial charge in [-0.1, -0.05) is 52.2 Å². The van der Waals surface area contributed by atoms with Crippen LogP contribution >= 0.6 is 0 Å². The van der Waals surface area contributed by atoms with Gasteiger partial charge in [-0.2, -0.15) is 0 Å². The summed E-state index contributed by atoms with van der Waals surface area (Å²) in [4.78, 5) is 14.2. The van der Waals surface area contributed by atoms with Gasteiger partial charge in [0.2, 0.25) is 0 Å². The first-order valence-electron chi connectivity index (χ1n) is 15.7. The molecule has 0 saturated heterocycles. The largest absolute Gasteiger partial charge is 0.497 e. The molecule has 6 heteroatoms. The highest BCUT2D eigenvalue weighted by atomic mass is 16.5. The van der Waals surface area contributed by atoms with Crippen LogP contribution in [0.1, 0.15) is 98.8 Å². The molecule has 3 aliphatic rings. The standard InChI is InChI=1S/C33H51N3O3/c1-7-8-14-32(4,38)19-22-9-11-25-23(16-22)13-15-33(5)27(25)18-26(21(2)3)31(33)30(37)20-36-29-12-10-24(39-6)17-28(29)34-35-36/h10,12,17,21-23,25-27,31,38H,7-9,11,13-16,18-20H2,1-6H3/t22-,23-,25-,26+,27+,31-,32-,33+/m1/s1. The minimum absolute atomic E-state index is 0.0618. The van der Waals surface area contributed by atoms with Gasteiger partial charge in [-0.3, -0.25) is 4.79 Å². The molecule has 0 aliphatic heterocycles. The number of methoxy groups -OCH3 is 1. The molecule has 8 atom stereocenters. The van der Waals surface area contributed by atoms with E-state index in [-0.39, 0.29) is 11.3 Å². The first kappa shape index (κ1) is 28.6. The maximum atomic E-state index is 14.2. The van der Waals surface area contributed by atoms with Crippen molar-refractivity contribution >= 4 is 16.8 Å². The zero-order chi connectivity index (χ0) is 27.9. The van der Waals surface area contributed by atoms with Crippen LogP contribution < -0.4 is 4.74 Å². The smallest absolute Gasteiger partial charge is 0.158 e. The van der Waals surface area contributed by atoms with Gasteiger partial charge in [0.15, 0.2) is 5.78 Å². The van der Waals surface area contributed by atoms with E-state index in [2.05, 4.69) is 44.9 Å². The SMILES string of the molecule is CCCC[C@@](C)(O)C[C@@H]1CC[C@@H]2[C@H](CC[C@@]3(C)[C@H]2C[C@@H](C(C)C)[C@@H]3C(=O)Cn2nnc3cc(OC)ccc32)C1. The predicted octanol–water partition coefficient (Wildman–Crippen LogP) is 7.08. The second kappa shape index (κ2) is 11.1. The summed E-state index contributed by atoms with van der Waals surface area (Å²) in [6.07, 6.45) is 11.4. The van der Waals surface area contributed by atoms with E-state index in [0.717, 1.165) is 60.7 Å². The molecule has 6 nitrogen and oxygen atoms in total. The van der Waals surface area contributed by atoms with Crippen LogP contribution in [0.4, 0.5) is 0 Å². The van der Waals surface area contributed by atoms with Crippen molar-refractivity contribution in [3.8, 4) is 5.75 Å². The fraction of sp³-hybridized carbons (Fsp3) is 0.788. The summed E-state index contributed by atoms with van der Waals surface area (Å²) in [5, 5.41) is 19.7. The number of hydrogen-bond donors (Lipinski definition) is 1. The molecule has 0 unspecified atom stereocenters. The number of rotatable bonds is 10. The molecule has 0 radical (unpaired) electrons. The number of nitrogens with zero attached hydrogens (tertiary/aromatic N) is 3. The number of benzene rings is 1. The number of carbonyl (C=O) groups is 1. The van der Waals surface area contributed by atoms with Gasteiger partial charge in [0.05, 0.1) is 18.2 Å². The number of Topliss-reactive ketones (excluding diaryl/α,β-unsaturated/α-hetero) is 1. The molecule has 3 fully saturated rings. The number of aliphatic hydroxyl groups is 1. The lowest BCUT2D eigenvalue weighted by Gasteiger charge is -2.52. The van der Waals surface area contributed by atoms with Crippen LogP contribution in [-0.2, 0) is 11.3 Å². The first-order valence-corrected chi connectivity index (χ1v) is 15.7. The molecule has 2 aromatic rings. The van der Waals surface area contributed by atoms with Gasteiger partial charge in [0, 0.05) is 12.0 Å². The quantitative estimate of drug-likeness (QED) is 0.350. The van der Waals surface area contributed by atoms with Crippen molar-refractivity contribution in [3.05, 3.63) is 18.2 Å². The fourth-order valence-electron chi connectivity index (χ4n) is 9.34. The number of unbranched alkanes of at least 4 members (excludes halogenated alkanes) is 1. The Hall–Kier alpha value is -1.95. The number of aromatic nitrogens is 3. The number of ether oxygens (including phenoxy) is 1. The summed E-state index contributed by atoms with van der Waals surface area (Å²) in [6.45, 7) is 11.6. The zero-order valence-corrected chi connectivity index (χ0v) is 25.2. The van der Waals surface area contributed by atoms with E-state index in [4.69, 9.17) is 4.74 Å². The minimum Gasteiger partial charge on any atom is -0.497 e. The number of carbonyl (C=O) groups excluding carboxylic acids is 1. The summed E-state index contributed by atoms with van der Waals surface area (Å²) in [6, 6.07) is 5.76. The number of fused-ring (bicyclic) bond motifs is 4. The van der Waals surface area contributed by atoms with Crippen LogP contribution in [0.3, 0.4) is 0 Å². The topological polar surface area (TPSA) is 77.2 Å². The summed E-state index contributed by atoms with van der Waals surface area (Å²) in [5.74, 6) is 4.81. The maximum absolute atomic E-state index is 14.2. The van der Waals surface area contributed by atoms with Gasteiger partial charge in [-0.05, 0) is 105 Å². The highest BCUT2D eigenvalue weighted by Crippen LogP contribution is 2.65.